The molecule has 0 saturated heterocycles. The molecule has 2 aromatic carbocycles. The third kappa shape index (κ3) is 6.17. The first-order valence-electron chi connectivity index (χ1n) is 9.59. The van der Waals surface area contributed by atoms with Gasteiger partial charge in [-0.05, 0) is 53.9 Å². The van der Waals surface area contributed by atoms with Crippen molar-refractivity contribution in [2.24, 2.45) is 5.73 Å². The molecule has 0 spiro atoms. The second kappa shape index (κ2) is 9.92. The van der Waals surface area contributed by atoms with Crippen LogP contribution in [-0.2, 0) is 13.0 Å². The molecule has 1 aromatic heterocycles. The third-order valence-electron chi connectivity index (χ3n) is 4.60. The molecule has 3 rings (SSSR count). The molecule has 0 aliphatic rings. The molecule has 10 nitrogen and oxygen atoms in total. The number of amides is 1. The van der Waals surface area contributed by atoms with Crippen LogP contribution in [0, 0.1) is 0 Å². The van der Waals surface area contributed by atoms with Gasteiger partial charge in [-0.15, -0.1) is 0 Å². The lowest BCUT2D eigenvalue weighted by Crippen LogP contribution is -2.32. The number of nitrogens with two attached hydrogens (primary N) is 1. The van der Waals surface area contributed by atoms with Crippen molar-refractivity contribution in [1.82, 2.24) is 15.6 Å². The summed E-state index contributed by atoms with van der Waals surface area (Å²) in [4.78, 5) is 11.2. The molecule has 0 aliphatic heterocycles. The average Bonchev–Trinajstić information content (AvgIpc) is 3.20. The highest BCUT2D eigenvalue weighted by atomic mass is 16.6. The SMILES string of the molecule is C[C@@H](Cc1ccc(OCc2nonc2C(N)=O)cc1)NC[C@H](O)c1cc(O)cc(O)c1. The van der Waals surface area contributed by atoms with E-state index in [-0.39, 0.29) is 42.1 Å². The normalized spacial score (nSPS) is 13.0. The first-order chi connectivity index (χ1) is 14.8. The van der Waals surface area contributed by atoms with E-state index in [1.807, 2.05) is 19.1 Å². The van der Waals surface area contributed by atoms with Crippen molar-refractivity contribution in [3.63, 3.8) is 0 Å². The molecule has 0 unspecified atom stereocenters. The summed E-state index contributed by atoms with van der Waals surface area (Å²) < 4.78 is 10.1. The highest BCUT2D eigenvalue weighted by Gasteiger charge is 2.16. The lowest BCUT2D eigenvalue weighted by molar-refractivity contribution is 0.0989. The quantitative estimate of drug-likeness (QED) is 0.321. The number of phenols is 2. The standard InChI is InChI=1S/C21H24N4O6/c1-12(23-10-19(28)14-7-15(26)9-16(27)8-14)6-13-2-4-17(5-3-13)30-11-18-20(21(22)29)25-31-24-18/h2-5,7-9,12,19,23,26-28H,6,10-11H2,1H3,(H2,22,29)/t12-,19-/m0/s1. The maximum absolute atomic E-state index is 11.2. The number of carbonyl (C=O) groups excluding carboxylic acids is 1. The zero-order chi connectivity index (χ0) is 22.4. The van der Waals surface area contributed by atoms with Crippen LogP contribution in [0.15, 0.2) is 47.1 Å². The van der Waals surface area contributed by atoms with Crippen LogP contribution in [0.4, 0.5) is 0 Å². The largest absolute Gasteiger partial charge is 0.508 e. The van der Waals surface area contributed by atoms with E-state index in [0.29, 0.717) is 17.7 Å². The number of phenolic OH excluding ortho intramolecular Hbond substituents is 2. The minimum absolute atomic E-state index is 0.00155. The minimum atomic E-state index is -0.868. The van der Waals surface area contributed by atoms with Crippen molar-refractivity contribution in [3.05, 3.63) is 65.0 Å². The van der Waals surface area contributed by atoms with Crippen LogP contribution in [0.2, 0.25) is 0 Å². The summed E-state index contributed by atoms with van der Waals surface area (Å²) >= 11 is 0. The highest BCUT2D eigenvalue weighted by Crippen LogP contribution is 2.24. The Bertz CT molecular complexity index is 1000. The molecule has 1 heterocycles. The van der Waals surface area contributed by atoms with Crippen LogP contribution in [-0.4, -0.2) is 44.1 Å². The zero-order valence-corrected chi connectivity index (χ0v) is 16.9. The summed E-state index contributed by atoms with van der Waals surface area (Å²) in [5, 5.41) is 39.6. The molecule has 31 heavy (non-hydrogen) atoms. The number of ether oxygens (including phenoxy) is 1. The first-order valence-corrected chi connectivity index (χ1v) is 9.59. The smallest absolute Gasteiger partial charge is 0.273 e. The van der Waals surface area contributed by atoms with E-state index in [1.54, 1.807) is 12.1 Å². The van der Waals surface area contributed by atoms with Crippen LogP contribution in [0.25, 0.3) is 0 Å². The number of hydrogen-bond acceptors (Lipinski definition) is 9. The molecule has 0 radical (unpaired) electrons. The van der Waals surface area contributed by atoms with Gasteiger partial charge in [0.15, 0.2) is 11.4 Å². The Labute approximate surface area is 178 Å². The number of hydrogen-bond donors (Lipinski definition) is 5. The topological polar surface area (TPSA) is 164 Å². The molecular weight excluding hydrogens is 404 g/mol. The molecule has 3 aromatic rings. The lowest BCUT2D eigenvalue weighted by atomic mass is 10.1. The number of carbonyl (C=O) groups is 1. The number of aliphatic hydroxyl groups is 1. The first kappa shape index (κ1) is 22.1. The van der Waals surface area contributed by atoms with E-state index in [0.717, 1.165) is 5.56 Å². The number of aliphatic hydroxyl groups excluding tert-OH is 1. The van der Waals surface area contributed by atoms with Gasteiger partial charge in [0.1, 0.15) is 23.9 Å². The van der Waals surface area contributed by atoms with Gasteiger partial charge in [0.25, 0.3) is 5.91 Å². The number of primary amides is 1. The summed E-state index contributed by atoms with van der Waals surface area (Å²) in [6.07, 6.45) is -0.162. The van der Waals surface area contributed by atoms with Gasteiger partial charge in [-0.1, -0.05) is 17.3 Å². The van der Waals surface area contributed by atoms with Crippen LogP contribution in [0.1, 0.15) is 40.3 Å². The second-order valence-electron chi connectivity index (χ2n) is 7.17. The van der Waals surface area contributed by atoms with Gasteiger partial charge in [0.05, 0.1) is 6.10 Å². The summed E-state index contributed by atoms with van der Waals surface area (Å²) in [5.74, 6) is -0.352. The Hall–Kier alpha value is -3.63. The number of aromatic nitrogens is 2. The van der Waals surface area contributed by atoms with E-state index >= 15 is 0 Å². The zero-order valence-electron chi connectivity index (χ0n) is 16.9. The van der Waals surface area contributed by atoms with Crippen molar-refractivity contribution < 1.29 is 29.5 Å². The lowest BCUT2D eigenvalue weighted by Gasteiger charge is -2.18. The molecule has 0 bridgehead atoms. The molecule has 6 N–H and O–H groups in total. The molecule has 10 heteroatoms. The second-order valence-corrected chi connectivity index (χ2v) is 7.17. The Morgan fingerprint density at radius 1 is 1.16 bits per heavy atom. The maximum Gasteiger partial charge on any atom is 0.273 e. The number of rotatable bonds is 10. The van der Waals surface area contributed by atoms with Gasteiger partial charge in [-0.25, -0.2) is 4.63 Å². The van der Waals surface area contributed by atoms with E-state index in [4.69, 9.17) is 10.5 Å². The minimum Gasteiger partial charge on any atom is -0.508 e. The fraction of sp³-hybridized carbons (Fsp3) is 0.286. The molecule has 2 atom stereocenters. The van der Waals surface area contributed by atoms with Gasteiger partial charge >= 0.3 is 0 Å². The average molecular weight is 428 g/mol. The van der Waals surface area contributed by atoms with Gasteiger partial charge in [0.2, 0.25) is 0 Å². The van der Waals surface area contributed by atoms with Crippen LogP contribution < -0.4 is 15.8 Å². The van der Waals surface area contributed by atoms with E-state index < -0.39 is 12.0 Å². The van der Waals surface area contributed by atoms with E-state index in [1.165, 1.54) is 18.2 Å². The molecular formula is C21H24N4O6. The summed E-state index contributed by atoms with van der Waals surface area (Å²) in [5.41, 5.74) is 6.84. The summed E-state index contributed by atoms with van der Waals surface area (Å²) in [6.45, 7) is 2.25. The van der Waals surface area contributed by atoms with E-state index in [9.17, 15) is 20.1 Å². The molecule has 0 aliphatic carbocycles. The van der Waals surface area contributed by atoms with Crippen molar-refractivity contribution in [3.8, 4) is 17.2 Å². The number of nitrogens with zero attached hydrogens (tertiary/aromatic N) is 2. The highest BCUT2D eigenvalue weighted by molar-refractivity contribution is 5.91. The van der Waals surface area contributed by atoms with Gasteiger partial charge in [-0.3, -0.25) is 4.79 Å². The van der Waals surface area contributed by atoms with Crippen molar-refractivity contribution in [1.29, 1.82) is 0 Å². The molecule has 0 saturated carbocycles. The Kier molecular flexibility index (Phi) is 7.06. The van der Waals surface area contributed by atoms with Crippen LogP contribution in [0.5, 0.6) is 17.2 Å². The Morgan fingerprint density at radius 3 is 2.48 bits per heavy atom. The van der Waals surface area contributed by atoms with Crippen molar-refractivity contribution in [2.75, 3.05) is 6.54 Å². The van der Waals surface area contributed by atoms with Crippen LogP contribution >= 0.6 is 0 Å². The fourth-order valence-corrected chi connectivity index (χ4v) is 3.03. The van der Waals surface area contributed by atoms with E-state index in [2.05, 4.69) is 20.3 Å². The maximum atomic E-state index is 11.2. The Balaban J connectivity index is 1.47. The van der Waals surface area contributed by atoms with Crippen LogP contribution in [0.3, 0.4) is 0 Å². The fourth-order valence-electron chi connectivity index (χ4n) is 3.03. The predicted molar refractivity (Wildman–Crippen MR) is 109 cm³/mol. The van der Waals surface area contributed by atoms with Crippen molar-refractivity contribution >= 4 is 5.91 Å². The monoisotopic (exact) mass is 428 g/mol. The number of nitrogens with one attached hydrogen (secondary N) is 1. The summed E-state index contributed by atoms with van der Waals surface area (Å²) in [7, 11) is 0. The molecule has 1 amide bonds. The summed E-state index contributed by atoms with van der Waals surface area (Å²) in [6, 6.07) is 11.5. The van der Waals surface area contributed by atoms with Gasteiger partial charge in [0, 0.05) is 18.7 Å². The molecule has 164 valence electrons. The molecule has 0 fully saturated rings. The van der Waals surface area contributed by atoms with Gasteiger partial charge in [-0.2, -0.15) is 0 Å². The van der Waals surface area contributed by atoms with Gasteiger partial charge < -0.3 is 31.1 Å². The number of aromatic hydroxyl groups is 2. The number of benzene rings is 2. The van der Waals surface area contributed by atoms with Crippen molar-refractivity contribution in [2.45, 2.75) is 32.1 Å². The Morgan fingerprint density at radius 2 is 1.84 bits per heavy atom. The predicted octanol–water partition coefficient (Wildman–Crippen LogP) is 1.41. The third-order valence-corrected chi connectivity index (χ3v) is 4.60.